The van der Waals surface area contributed by atoms with Crippen LogP contribution in [0.1, 0.15) is 23.7 Å². The lowest BCUT2D eigenvalue weighted by molar-refractivity contribution is -0.133. The molecule has 0 radical (unpaired) electrons. The highest BCUT2D eigenvalue weighted by molar-refractivity contribution is 6.34. The number of aromatic nitrogens is 1. The molecule has 1 unspecified atom stereocenters. The number of anilines is 1. The number of urea groups is 1. The third-order valence-corrected chi connectivity index (χ3v) is 4.75. The number of carbonyl (C=O) groups is 3. The maximum atomic E-state index is 12.8. The van der Waals surface area contributed by atoms with Gasteiger partial charge in [0.15, 0.2) is 5.54 Å². The largest absolute Gasteiger partial charge is 0.325 e. The molecular formula is C19H19ClN4O3. The number of halogens is 1. The Kier molecular flexibility index (Phi) is 4.89. The van der Waals surface area contributed by atoms with E-state index in [1.807, 2.05) is 19.9 Å². The normalized spacial score (nSPS) is 19.2. The van der Waals surface area contributed by atoms with Crippen molar-refractivity contribution < 1.29 is 14.4 Å². The van der Waals surface area contributed by atoms with Crippen LogP contribution in [0.2, 0.25) is 5.02 Å². The standard InChI is InChI=1S/C19H19ClN4O3/c1-11-8-12(2)16(13(20)9-11)22-15(25)10-24-17(26)19(3,23-18(24)27)14-6-4-5-7-21-14/h4-9H,10H2,1-3H3,(H,22,25)(H,23,27). The lowest BCUT2D eigenvalue weighted by Crippen LogP contribution is -2.42. The molecule has 140 valence electrons. The highest BCUT2D eigenvalue weighted by atomic mass is 35.5. The molecule has 2 heterocycles. The maximum absolute atomic E-state index is 12.8. The van der Waals surface area contributed by atoms with Crippen LogP contribution in [-0.2, 0) is 15.1 Å². The Morgan fingerprint density at radius 3 is 2.67 bits per heavy atom. The van der Waals surface area contributed by atoms with E-state index in [9.17, 15) is 14.4 Å². The molecule has 0 saturated carbocycles. The molecule has 27 heavy (non-hydrogen) atoms. The first-order valence-corrected chi connectivity index (χ1v) is 8.72. The van der Waals surface area contributed by atoms with Crippen LogP contribution >= 0.6 is 11.6 Å². The molecule has 1 aromatic carbocycles. The molecular weight excluding hydrogens is 368 g/mol. The molecule has 1 atom stereocenters. The van der Waals surface area contributed by atoms with Crippen molar-refractivity contribution in [2.24, 2.45) is 0 Å². The zero-order valence-electron chi connectivity index (χ0n) is 15.2. The number of nitrogens with zero attached hydrogens (tertiary/aromatic N) is 2. The van der Waals surface area contributed by atoms with Crippen LogP contribution in [0.4, 0.5) is 10.5 Å². The molecule has 1 aliphatic heterocycles. The smallest absolute Gasteiger partial charge is 0.323 e. The molecule has 1 aliphatic rings. The second-order valence-corrected chi connectivity index (χ2v) is 7.06. The van der Waals surface area contributed by atoms with E-state index in [0.29, 0.717) is 16.4 Å². The highest BCUT2D eigenvalue weighted by Crippen LogP contribution is 2.29. The molecule has 2 N–H and O–H groups in total. The van der Waals surface area contributed by atoms with Crippen molar-refractivity contribution in [2.75, 3.05) is 11.9 Å². The van der Waals surface area contributed by atoms with Crippen LogP contribution in [0, 0.1) is 13.8 Å². The molecule has 4 amide bonds. The second-order valence-electron chi connectivity index (χ2n) is 6.65. The number of hydrogen-bond acceptors (Lipinski definition) is 4. The van der Waals surface area contributed by atoms with Gasteiger partial charge in [-0.25, -0.2) is 4.79 Å². The van der Waals surface area contributed by atoms with E-state index in [0.717, 1.165) is 16.0 Å². The van der Waals surface area contributed by atoms with Crippen molar-refractivity contribution in [3.8, 4) is 0 Å². The van der Waals surface area contributed by atoms with Crippen molar-refractivity contribution in [2.45, 2.75) is 26.3 Å². The van der Waals surface area contributed by atoms with Crippen LogP contribution in [0.5, 0.6) is 0 Å². The third kappa shape index (κ3) is 3.50. The lowest BCUT2D eigenvalue weighted by Gasteiger charge is -2.21. The van der Waals surface area contributed by atoms with Gasteiger partial charge in [0.1, 0.15) is 6.54 Å². The number of hydrogen-bond donors (Lipinski definition) is 2. The molecule has 1 saturated heterocycles. The SMILES string of the molecule is Cc1cc(C)c(NC(=O)CN2C(=O)NC(C)(c3ccccn3)C2=O)c(Cl)c1. The first-order valence-electron chi connectivity index (χ1n) is 8.34. The number of aryl methyl sites for hydroxylation is 2. The van der Waals surface area contributed by atoms with Gasteiger partial charge in [0, 0.05) is 6.20 Å². The summed E-state index contributed by atoms with van der Waals surface area (Å²) in [7, 11) is 0. The van der Waals surface area contributed by atoms with Crippen molar-refractivity contribution in [3.63, 3.8) is 0 Å². The fraction of sp³-hybridized carbons (Fsp3) is 0.263. The molecule has 0 bridgehead atoms. The summed E-state index contributed by atoms with van der Waals surface area (Å²) in [5, 5.41) is 5.69. The summed E-state index contributed by atoms with van der Waals surface area (Å²) >= 11 is 6.20. The van der Waals surface area contributed by atoms with E-state index >= 15 is 0 Å². The van der Waals surface area contributed by atoms with Gasteiger partial charge in [0.2, 0.25) is 5.91 Å². The predicted molar refractivity (Wildman–Crippen MR) is 101 cm³/mol. The Hall–Kier alpha value is -2.93. The van der Waals surface area contributed by atoms with Gasteiger partial charge in [-0.05, 0) is 50.1 Å². The van der Waals surface area contributed by atoms with Crippen molar-refractivity contribution in [1.29, 1.82) is 0 Å². The molecule has 1 aromatic heterocycles. The molecule has 0 spiro atoms. The van der Waals surface area contributed by atoms with Gasteiger partial charge in [-0.15, -0.1) is 0 Å². The number of amides is 4. The van der Waals surface area contributed by atoms with Gasteiger partial charge in [0.25, 0.3) is 5.91 Å². The Morgan fingerprint density at radius 1 is 1.30 bits per heavy atom. The summed E-state index contributed by atoms with van der Waals surface area (Å²) in [6, 6.07) is 8.06. The molecule has 1 fully saturated rings. The minimum Gasteiger partial charge on any atom is -0.323 e. The van der Waals surface area contributed by atoms with Crippen molar-refractivity contribution in [3.05, 3.63) is 58.4 Å². The lowest BCUT2D eigenvalue weighted by atomic mass is 9.97. The molecule has 0 aliphatic carbocycles. The van der Waals surface area contributed by atoms with Crippen LogP contribution in [0.15, 0.2) is 36.5 Å². The van der Waals surface area contributed by atoms with Crippen molar-refractivity contribution >= 4 is 35.1 Å². The predicted octanol–water partition coefficient (Wildman–Crippen LogP) is 2.76. The number of nitrogens with one attached hydrogen (secondary N) is 2. The summed E-state index contributed by atoms with van der Waals surface area (Å²) in [6.07, 6.45) is 1.54. The van der Waals surface area contributed by atoms with Gasteiger partial charge in [0.05, 0.1) is 16.4 Å². The quantitative estimate of drug-likeness (QED) is 0.790. The van der Waals surface area contributed by atoms with Crippen LogP contribution in [0.3, 0.4) is 0 Å². The van der Waals surface area contributed by atoms with Crippen LogP contribution < -0.4 is 10.6 Å². The number of imide groups is 1. The van der Waals surface area contributed by atoms with E-state index in [2.05, 4.69) is 15.6 Å². The fourth-order valence-electron chi connectivity index (χ4n) is 3.07. The average Bonchev–Trinajstić information content (AvgIpc) is 2.83. The minimum absolute atomic E-state index is 0.399. The second kappa shape index (κ2) is 7.00. The van der Waals surface area contributed by atoms with E-state index in [4.69, 9.17) is 11.6 Å². The molecule has 2 aromatic rings. The van der Waals surface area contributed by atoms with Gasteiger partial charge in [-0.1, -0.05) is 23.7 Å². The van der Waals surface area contributed by atoms with Crippen LogP contribution in [0.25, 0.3) is 0 Å². The number of carbonyl (C=O) groups excluding carboxylic acids is 3. The van der Waals surface area contributed by atoms with Gasteiger partial charge >= 0.3 is 6.03 Å². The average molecular weight is 387 g/mol. The number of benzene rings is 1. The first-order chi connectivity index (χ1) is 12.7. The Morgan fingerprint density at radius 2 is 2.04 bits per heavy atom. The van der Waals surface area contributed by atoms with E-state index < -0.39 is 29.9 Å². The monoisotopic (exact) mass is 386 g/mol. The fourth-order valence-corrected chi connectivity index (χ4v) is 3.44. The summed E-state index contributed by atoms with van der Waals surface area (Å²) in [6.45, 7) is 4.86. The number of pyridine rings is 1. The summed E-state index contributed by atoms with van der Waals surface area (Å²) in [5.41, 5.74) is 1.32. The number of rotatable bonds is 4. The van der Waals surface area contributed by atoms with E-state index in [1.54, 1.807) is 31.2 Å². The molecule has 7 nitrogen and oxygen atoms in total. The van der Waals surface area contributed by atoms with E-state index in [-0.39, 0.29) is 0 Å². The Bertz CT molecular complexity index is 909. The Balaban J connectivity index is 1.77. The maximum Gasteiger partial charge on any atom is 0.325 e. The molecule has 8 heteroatoms. The van der Waals surface area contributed by atoms with E-state index in [1.165, 1.54) is 6.20 Å². The zero-order chi connectivity index (χ0) is 19.8. The zero-order valence-corrected chi connectivity index (χ0v) is 15.9. The van der Waals surface area contributed by atoms with Crippen molar-refractivity contribution in [1.82, 2.24) is 15.2 Å². The highest BCUT2D eigenvalue weighted by Gasteiger charge is 2.50. The summed E-state index contributed by atoms with van der Waals surface area (Å²) < 4.78 is 0. The first kappa shape index (κ1) is 18.8. The topological polar surface area (TPSA) is 91.4 Å². The Labute approximate surface area is 161 Å². The summed E-state index contributed by atoms with van der Waals surface area (Å²) in [5.74, 6) is -1.05. The third-order valence-electron chi connectivity index (χ3n) is 4.45. The van der Waals surface area contributed by atoms with Gasteiger partial charge in [-0.3, -0.25) is 19.5 Å². The van der Waals surface area contributed by atoms with Gasteiger partial charge in [-0.2, -0.15) is 0 Å². The molecule has 3 rings (SSSR count). The summed E-state index contributed by atoms with van der Waals surface area (Å²) in [4.78, 5) is 42.6. The van der Waals surface area contributed by atoms with Gasteiger partial charge < -0.3 is 10.6 Å². The van der Waals surface area contributed by atoms with Crippen LogP contribution in [-0.4, -0.2) is 34.3 Å². The minimum atomic E-state index is -1.31.